The second kappa shape index (κ2) is 10.6. The number of halogens is 2. The first kappa shape index (κ1) is 22.9. The molecule has 3 heterocycles. The Hall–Kier alpha value is -0.860. The van der Waals surface area contributed by atoms with E-state index in [1.807, 2.05) is 18.2 Å². The van der Waals surface area contributed by atoms with Crippen LogP contribution in [-0.4, -0.2) is 85.4 Å². The van der Waals surface area contributed by atoms with E-state index in [1.165, 1.54) is 32.1 Å². The van der Waals surface area contributed by atoms with Crippen LogP contribution in [0.5, 0.6) is 0 Å². The second-order valence-corrected chi connectivity index (χ2v) is 10.4. The molecule has 2 saturated heterocycles. The molecule has 0 bridgehead atoms. The van der Waals surface area contributed by atoms with Gasteiger partial charge in [0.05, 0.1) is 34.6 Å². The minimum atomic E-state index is 0.189. The van der Waals surface area contributed by atoms with Gasteiger partial charge in [-0.3, -0.25) is 14.7 Å². The molecule has 32 heavy (non-hydrogen) atoms. The molecule has 8 heteroatoms. The van der Waals surface area contributed by atoms with Crippen molar-refractivity contribution in [3.05, 3.63) is 39.9 Å². The highest BCUT2D eigenvalue weighted by Gasteiger charge is 2.31. The molecule has 6 nitrogen and oxygen atoms in total. The average molecular weight is 480 g/mol. The number of piperazine rings is 1. The average Bonchev–Trinajstić information content (AvgIpc) is 3.32. The van der Waals surface area contributed by atoms with Crippen LogP contribution in [-0.2, 0) is 4.74 Å². The van der Waals surface area contributed by atoms with E-state index in [9.17, 15) is 0 Å². The largest absolute Gasteiger partial charge is 0.374 e. The zero-order valence-corrected chi connectivity index (χ0v) is 20.3. The first-order chi connectivity index (χ1) is 15.7. The summed E-state index contributed by atoms with van der Waals surface area (Å²) in [7, 11) is 0. The predicted molar refractivity (Wildman–Crippen MR) is 131 cm³/mol. The number of ether oxygens (including phenoxy) is 1. The zero-order valence-electron chi connectivity index (χ0n) is 18.7. The molecule has 0 radical (unpaired) electrons. The van der Waals surface area contributed by atoms with Gasteiger partial charge in [0.1, 0.15) is 0 Å². The Kier molecular flexibility index (Phi) is 7.59. The van der Waals surface area contributed by atoms with E-state index in [2.05, 4.69) is 31.6 Å². The number of nitrogens with one attached hydrogen (secondary N) is 2. The van der Waals surface area contributed by atoms with E-state index in [1.54, 1.807) is 0 Å². The highest BCUT2D eigenvalue weighted by Crippen LogP contribution is 2.27. The van der Waals surface area contributed by atoms with Gasteiger partial charge in [0.2, 0.25) is 0 Å². The van der Waals surface area contributed by atoms with Gasteiger partial charge in [-0.2, -0.15) is 0 Å². The number of hydrogen-bond donors (Lipinski definition) is 2. The lowest BCUT2D eigenvalue weighted by Gasteiger charge is -2.43. The molecular weight excluding hydrogens is 445 g/mol. The van der Waals surface area contributed by atoms with Crippen LogP contribution in [0.4, 0.5) is 0 Å². The van der Waals surface area contributed by atoms with Crippen molar-refractivity contribution in [3.63, 3.8) is 0 Å². The molecule has 3 aliphatic heterocycles. The highest BCUT2D eigenvalue weighted by atomic mass is 35.5. The first-order valence-corrected chi connectivity index (χ1v) is 12.9. The number of hydrazine groups is 1. The van der Waals surface area contributed by atoms with Crippen molar-refractivity contribution in [2.24, 2.45) is 0 Å². The Morgan fingerprint density at radius 1 is 0.938 bits per heavy atom. The van der Waals surface area contributed by atoms with Crippen molar-refractivity contribution in [2.45, 2.75) is 50.4 Å². The minimum absolute atomic E-state index is 0.189. The summed E-state index contributed by atoms with van der Waals surface area (Å²) in [6.07, 6.45) is 9.77. The van der Waals surface area contributed by atoms with Crippen molar-refractivity contribution in [1.82, 2.24) is 25.6 Å². The molecule has 0 amide bonds. The maximum absolute atomic E-state index is 6.19. The van der Waals surface area contributed by atoms with Crippen LogP contribution in [0.1, 0.15) is 37.7 Å². The lowest BCUT2D eigenvalue weighted by molar-refractivity contribution is -0.0648. The molecule has 0 aromatic heterocycles. The SMILES string of the molecule is Clc1ccc(C2=CC(N3CCN(CC4CN(C5CCCCC5)CCO4)CC3)NN2)cc1Cl. The van der Waals surface area contributed by atoms with Gasteiger partial charge >= 0.3 is 0 Å². The fraction of sp³-hybridized carbons (Fsp3) is 0.667. The third kappa shape index (κ3) is 5.44. The van der Waals surface area contributed by atoms with Gasteiger partial charge in [-0.1, -0.05) is 48.5 Å². The monoisotopic (exact) mass is 479 g/mol. The number of nitrogens with zero attached hydrogens (tertiary/aromatic N) is 3. The van der Waals surface area contributed by atoms with Crippen LogP contribution < -0.4 is 10.9 Å². The van der Waals surface area contributed by atoms with Gasteiger partial charge in [0.25, 0.3) is 0 Å². The molecule has 0 spiro atoms. The van der Waals surface area contributed by atoms with Crippen molar-refractivity contribution in [3.8, 4) is 0 Å². The van der Waals surface area contributed by atoms with Gasteiger partial charge in [-0.15, -0.1) is 0 Å². The first-order valence-electron chi connectivity index (χ1n) is 12.2. The Balaban J connectivity index is 1.10. The Labute approximate surface area is 201 Å². The van der Waals surface area contributed by atoms with Crippen LogP contribution in [0.25, 0.3) is 5.70 Å². The van der Waals surface area contributed by atoms with Crippen LogP contribution in [0.3, 0.4) is 0 Å². The van der Waals surface area contributed by atoms with Crippen LogP contribution in [0, 0.1) is 0 Å². The summed E-state index contributed by atoms with van der Waals surface area (Å²) in [5, 5.41) is 1.16. The molecular formula is C24H35Cl2N5O. The summed E-state index contributed by atoms with van der Waals surface area (Å²) in [6, 6.07) is 6.54. The minimum Gasteiger partial charge on any atom is -0.374 e. The Morgan fingerprint density at radius 2 is 1.75 bits per heavy atom. The fourth-order valence-corrected chi connectivity index (χ4v) is 5.86. The van der Waals surface area contributed by atoms with E-state index in [4.69, 9.17) is 27.9 Å². The van der Waals surface area contributed by atoms with Crippen molar-refractivity contribution in [1.29, 1.82) is 0 Å². The Bertz CT molecular complexity index is 808. The second-order valence-electron chi connectivity index (χ2n) is 9.54. The quantitative estimate of drug-likeness (QED) is 0.674. The normalized spacial score (nSPS) is 29.1. The number of morpholine rings is 1. The summed E-state index contributed by atoms with van der Waals surface area (Å²) in [4.78, 5) is 7.79. The molecule has 3 fully saturated rings. The van der Waals surface area contributed by atoms with E-state index >= 15 is 0 Å². The van der Waals surface area contributed by atoms with Gasteiger partial charge < -0.3 is 10.2 Å². The number of benzene rings is 1. The van der Waals surface area contributed by atoms with Crippen LogP contribution >= 0.6 is 23.2 Å². The van der Waals surface area contributed by atoms with Crippen molar-refractivity contribution >= 4 is 28.9 Å². The zero-order chi connectivity index (χ0) is 21.9. The molecule has 1 aliphatic carbocycles. The van der Waals surface area contributed by atoms with E-state index in [0.29, 0.717) is 16.1 Å². The molecule has 5 rings (SSSR count). The van der Waals surface area contributed by atoms with Gasteiger partial charge in [-0.05, 0) is 31.1 Å². The van der Waals surface area contributed by atoms with Gasteiger partial charge in [0, 0.05) is 57.4 Å². The third-order valence-corrected chi connectivity index (χ3v) is 8.17. The van der Waals surface area contributed by atoms with E-state index in [-0.39, 0.29) is 6.17 Å². The molecule has 176 valence electrons. The third-order valence-electron chi connectivity index (χ3n) is 7.43. The summed E-state index contributed by atoms with van der Waals surface area (Å²) in [5.74, 6) is 0. The number of rotatable bonds is 5. The van der Waals surface area contributed by atoms with E-state index < -0.39 is 0 Å². The molecule has 2 atom stereocenters. The highest BCUT2D eigenvalue weighted by molar-refractivity contribution is 6.42. The lowest BCUT2D eigenvalue weighted by atomic mass is 9.93. The molecule has 2 N–H and O–H groups in total. The summed E-state index contributed by atoms with van der Waals surface area (Å²) in [5.41, 5.74) is 8.81. The van der Waals surface area contributed by atoms with Crippen LogP contribution in [0.2, 0.25) is 10.0 Å². The topological polar surface area (TPSA) is 43.0 Å². The standard InChI is InChI=1S/C24H35Cl2N5O/c25-21-7-6-18(14-22(21)26)23-15-24(28-27-23)30-10-8-29(9-11-30)16-20-17-31(12-13-32-20)19-4-2-1-3-5-19/h6-7,14-15,19-20,24,27-28H,1-5,8-13,16-17H2. The van der Waals surface area contributed by atoms with Crippen molar-refractivity contribution in [2.75, 3.05) is 52.4 Å². The van der Waals surface area contributed by atoms with Gasteiger partial charge in [0.15, 0.2) is 0 Å². The van der Waals surface area contributed by atoms with Crippen molar-refractivity contribution < 1.29 is 4.74 Å². The molecule has 4 aliphatic rings. The maximum atomic E-state index is 6.19. The van der Waals surface area contributed by atoms with Crippen LogP contribution in [0.15, 0.2) is 24.3 Å². The summed E-state index contributed by atoms with van der Waals surface area (Å²) < 4.78 is 6.16. The number of hydrogen-bond acceptors (Lipinski definition) is 6. The maximum Gasteiger partial charge on any atom is 0.0986 e. The fourth-order valence-electron chi connectivity index (χ4n) is 5.56. The summed E-state index contributed by atoms with van der Waals surface area (Å²) in [6.45, 7) is 8.42. The lowest BCUT2D eigenvalue weighted by Crippen LogP contribution is -2.57. The predicted octanol–water partition coefficient (Wildman–Crippen LogP) is 3.42. The smallest absolute Gasteiger partial charge is 0.0986 e. The molecule has 2 unspecified atom stereocenters. The Morgan fingerprint density at radius 3 is 2.53 bits per heavy atom. The van der Waals surface area contributed by atoms with Gasteiger partial charge in [-0.25, -0.2) is 5.43 Å². The molecule has 1 saturated carbocycles. The molecule has 1 aromatic carbocycles. The summed E-state index contributed by atoms with van der Waals surface area (Å²) >= 11 is 12.2. The van der Waals surface area contributed by atoms with E-state index in [0.717, 1.165) is 69.7 Å². The molecule has 1 aromatic rings.